The molecule has 0 saturated heterocycles. The molecule has 2 aromatic rings. The topological polar surface area (TPSA) is 0 Å². The highest BCUT2D eigenvalue weighted by Gasteiger charge is 2.12. The average molecular weight is 274 g/mol. The summed E-state index contributed by atoms with van der Waals surface area (Å²) in [5, 5.41) is 0. The highest BCUT2D eigenvalue weighted by Crippen LogP contribution is 2.31. The van der Waals surface area contributed by atoms with Crippen LogP contribution in [0, 0.1) is 0 Å². The van der Waals surface area contributed by atoms with Crippen LogP contribution in [0.3, 0.4) is 0 Å². The molecule has 0 spiro atoms. The molecule has 0 unspecified atom stereocenters. The number of fused-ring (bicyclic) bond motifs is 1. The van der Waals surface area contributed by atoms with E-state index in [0.29, 0.717) is 0 Å². The Morgan fingerprint density at radius 2 is 1.90 bits per heavy atom. The van der Waals surface area contributed by atoms with E-state index in [4.69, 9.17) is 0 Å². The third-order valence-electron chi connectivity index (χ3n) is 4.07. The van der Waals surface area contributed by atoms with Crippen molar-refractivity contribution in [2.45, 2.75) is 32.6 Å². The summed E-state index contributed by atoms with van der Waals surface area (Å²) < 4.78 is 0. The molecular formula is C21H22. The maximum atomic E-state index is 2.39. The van der Waals surface area contributed by atoms with Gasteiger partial charge < -0.3 is 0 Å². The predicted octanol–water partition coefficient (Wildman–Crippen LogP) is 5.68. The number of benzene rings is 2. The van der Waals surface area contributed by atoms with Gasteiger partial charge in [0.1, 0.15) is 0 Å². The number of hydrogen-bond acceptors (Lipinski definition) is 0. The van der Waals surface area contributed by atoms with Crippen LogP contribution in [0.4, 0.5) is 0 Å². The second kappa shape index (κ2) is 6.58. The molecule has 0 aromatic heterocycles. The van der Waals surface area contributed by atoms with E-state index in [-0.39, 0.29) is 0 Å². The number of rotatable bonds is 5. The normalized spacial score (nSPS) is 13.5. The standard InChI is InChI=1S/C21H22/c1-2-7-19-14-15-20-13-12-18(16-21(19)20)11-6-10-17-8-4-3-5-9-17/h3-6,8-9,11-14,16H,2,7,10,15H2,1H3/b11-6-. The van der Waals surface area contributed by atoms with E-state index < -0.39 is 0 Å². The highest BCUT2D eigenvalue weighted by atomic mass is 14.2. The minimum atomic E-state index is 0.996. The predicted molar refractivity (Wildman–Crippen MR) is 92.2 cm³/mol. The molecule has 0 N–H and O–H groups in total. The Morgan fingerprint density at radius 1 is 1.05 bits per heavy atom. The summed E-state index contributed by atoms with van der Waals surface area (Å²) in [7, 11) is 0. The van der Waals surface area contributed by atoms with Gasteiger partial charge in [-0.25, -0.2) is 0 Å². The summed E-state index contributed by atoms with van der Waals surface area (Å²) in [5.74, 6) is 0. The van der Waals surface area contributed by atoms with Gasteiger partial charge in [0.2, 0.25) is 0 Å². The Bertz CT molecular complexity index is 660. The summed E-state index contributed by atoms with van der Waals surface area (Å²) in [6, 6.07) is 17.5. The molecule has 0 bridgehead atoms. The lowest BCUT2D eigenvalue weighted by molar-refractivity contribution is 0.975. The van der Waals surface area contributed by atoms with Gasteiger partial charge in [0.15, 0.2) is 0 Å². The van der Waals surface area contributed by atoms with Crippen molar-refractivity contribution in [2.75, 3.05) is 0 Å². The third-order valence-corrected chi connectivity index (χ3v) is 4.07. The van der Waals surface area contributed by atoms with Gasteiger partial charge in [-0.1, -0.05) is 74.0 Å². The van der Waals surface area contributed by atoms with E-state index in [9.17, 15) is 0 Å². The Hall–Kier alpha value is -2.08. The minimum absolute atomic E-state index is 0.996. The molecule has 0 heterocycles. The average Bonchev–Trinajstić information content (AvgIpc) is 2.92. The van der Waals surface area contributed by atoms with Crippen LogP contribution in [0.2, 0.25) is 0 Å². The lowest BCUT2D eigenvalue weighted by atomic mass is 9.99. The maximum Gasteiger partial charge on any atom is -0.00854 e. The largest absolute Gasteiger partial charge is 0.0795 e. The van der Waals surface area contributed by atoms with Gasteiger partial charge in [-0.2, -0.15) is 0 Å². The molecule has 0 heteroatoms. The van der Waals surface area contributed by atoms with Crippen LogP contribution in [0.5, 0.6) is 0 Å². The first-order valence-electron chi connectivity index (χ1n) is 7.89. The van der Waals surface area contributed by atoms with Crippen LogP contribution in [0.25, 0.3) is 11.6 Å². The molecule has 3 rings (SSSR count). The van der Waals surface area contributed by atoms with Crippen LogP contribution in [0.15, 0.2) is 60.7 Å². The molecule has 0 fully saturated rings. The summed E-state index contributed by atoms with van der Waals surface area (Å²) in [4.78, 5) is 0. The fourth-order valence-corrected chi connectivity index (χ4v) is 2.97. The van der Waals surface area contributed by atoms with Crippen molar-refractivity contribution in [1.29, 1.82) is 0 Å². The van der Waals surface area contributed by atoms with Gasteiger partial charge in [0.25, 0.3) is 0 Å². The molecule has 0 amide bonds. The molecular weight excluding hydrogens is 252 g/mol. The SMILES string of the molecule is CCCC1=CCc2ccc(/C=C\Cc3ccccc3)cc21. The van der Waals surface area contributed by atoms with Gasteiger partial charge in [-0.3, -0.25) is 0 Å². The van der Waals surface area contributed by atoms with Gasteiger partial charge in [0.05, 0.1) is 0 Å². The van der Waals surface area contributed by atoms with Crippen LogP contribution in [-0.4, -0.2) is 0 Å². The Labute approximate surface area is 127 Å². The molecule has 0 atom stereocenters. The second-order valence-electron chi connectivity index (χ2n) is 5.69. The van der Waals surface area contributed by atoms with Gasteiger partial charge >= 0.3 is 0 Å². The first kappa shape index (κ1) is 13.9. The minimum Gasteiger partial charge on any atom is -0.0795 e. The third kappa shape index (κ3) is 3.33. The van der Waals surface area contributed by atoms with Crippen LogP contribution in [-0.2, 0) is 12.8 Å². The van der Waals surface area contributed by atoms with E-state index in [0.717, 1.165) is 12.8 Å². The summed E-state index contributed by atoms with van der Waals surface area (Å²) >= 11 is 0. The van der Waals surface area contributed by atoms with Crippen LogP contribution < -0.4 is 0 Å². The van der Waals surface area contributed by atoms with E-state index in [1.165, 1.54) is 40.7 Å². The van der Waals surface area contributed by atoms with Crippen LogP contribution >= 0.6 is 0 Å². The van der Waals surface area contributed by atoms with E-state index >= 15 is 0 Å². The molecule has 0 radical (unpaired) electrons. The molecule has 0 aliphatic heterocycles. The smallest absolute Gasteiger partial charge is 0.00854 e. The monoisotopic (exact) mass is 274 g/mol. The highest BCUT2D eigenvalue weighted by molar-refractivity contribution is 5.75. The Morgan fingerprint density at radius 3 is 2.71 bits per heavy atom. The molecule has 0 nitrogen and oxygen atoms in total. The van der Waals surface area contributed by atoms with Crippen LogP contribution in [0.1, 0.15) is 42.0 Å². The maximum absolute atomic E-state index is 2.39. The lowest BCUT2D eigenvalue weighted by Gasteiger charge is -2.06. The summed E-state index contributed by atoms with van der Waals surface area (Å²) in [5.41, 5.74) is 7.17. The summed E-state index contributed by atoms with van der Waals surface area (Å²) in [6.45, 7) is 2.25. The fraction of sp³-hybridized carbons (Fsp3) is 0.238. The van der Waals surface area contributed by atoms with Crippen molar-refractivity contribution in [3.05, 3.63) is 82.9 Å². The van der Waals surface area contributed by atoms with Crippen molar-refractivity contribution >= 4 is 11.6 Å². The number of allylic oxidation sites excluding steroid dienone is 3. The Kier molecular flexibility index (Phi) is 4.35. The second-order valence-corrected chi connectivity index (χ2v) is 5.69. The molecule has 2 aromatic carbocycles. The van der Waals surface area contributed by atoms with Gasteiger partial charge in [-0.15, -0.1) is 0 Å². The van der Waals surface area contributed by atoms with E-state index in [1.54, 1.807) is 0 Å². The van der Waals surface area contributed by atoms with E-state index in [2.05, 4.69) is 73.7 Å². The fourth-order valence-electron chi connectivity index (χ4n) is 2.97. The van der Waals surface area contributed by atoms with Crippen molar-refractivity contribution in [3.63, 3.8) is 0 Å². The lowest BCUT2D eigenvalue weighted by Crippen LogP contribution is -1.87. The molecule has 1 aliphatic carbocycles. The zero-order valence-corrected chi connectivity index (χ0v) is 12.7. The zero-order valence-electron chi connectivity index (χ0n) is 12.7. The summed E-state index contributed by atoms with van der Waals surface area (Å²) in [6.07, 6.45) is 11.4. The Balaban J connectivity index is 1.72. The number of hydrogen-bond donors (Lipinski definition) is 0. The first-order valence-corrected chi connectivity index (χ1v) is 7.89. The molecule has 106 valence electrons. The quantitative estimate of drug-likeness (QED) is 0.657. The van der Waals surface area contributed by atoms with Gasteiger partial charge in [-0.05, 0) is 53.2 Å². The first-order chi connectivity index (χ1) is 10.4. The van der Waals surface area contributed by atoms with Gasteiger partial charge in [0, 0.05) is 0 Å². The van der Waals surface area contributed by atoms with Crippen molar-refractivity contribution in [2.24, 2.45) is 0 Å². The van der Waals surface area contributed by atoms with Crippen molar-refractivity contribution in [3.8, 4) is 0 Å². The van der Waals surface area contributed by atoms with E-state index in [1.807, 2.05) is 0 Å². The molecule has 21 heavy (non-hydrogen) atoms. The zero-order chi connectivity index (χ0) is 14.5. The van der Waals surface area contributed by atoms with Crippen molar-refractivity contribution in [1.82, 2.24) is 0 Å². The van der Waals surface area contributed by atoms with Crippen molar-refractivity contribution < 1.29 is 0 Å². The molecule has 1 aliphatic rings. The molecule has 0 saturated carbocycles.